The molecule has 1 heterocycles. The van der Waals surface area contributed by atoms with E-state index in [1.54, 1.807) is 50.1 Å². The predicted octanol–water partition coefficient (Wildman–Crippen LogP) is 3.19. The number of nitrogens with zero attached hydrogens (tertiary/aromatic N) is 2. The molecule has 0 spiro atoms. The normalized spacial score (nSPS) is 14.6. The van der Waals surface area contributed by atoms with Crippen LogP contribution in [0.25, 0.3) is 0 Å². The fourth-order valence-electron chi connectivity index (χ4n) is 4.49. The van der Waals surface area contributed by atoms with Crippen molar-refractivity contribution in [1.29, 1.82) is 10.8 Å². The molecule has 5 N–H and O–H groups in total. The lowest BCUT2D eigenvalue weighted by molar-refractivity contribution is -0.121. The van der Waals surface area contributed by atoms with E-state index in [1.165, 1.54) is 4.90 Å². The number of methoxy groups -OCH3 is 1. The number of aliphatic imine (C=N–C) groups is 1. The van der Waals surface area contributed by atoms with Crippen molar-refractivity contribution in [2.24, 2.45) is 4.99 Å². The summed E-state index contributed by atoms with van der Waals surface area (Å²) in [4.78, 5) is 20.0. The smallest absolute Gasteiger partial charge is 0.488 e. The van der Waals surface area contributed by atoms with Crippen molar-refractivity contribution in [3.8, 4) is 5.75 Å². The van der Waals surface area contributed by atoms with Crippen molar-refractivity contribution in [2.75, 3.05) is 18.6 Å². The lowest BCUT2D eigenvalue weighted by Crippen LogP contribution is -2.42. The third-order valence-corrected chi connectivity index (χ3v) is 7.49. The monoisotopic (exact) mass is 557 g/mol. The molecule has 1 amide bonds. The number of hydrogen-bond acceptors (Lipinski definition) is 8. The zero-order chi connectivity index (χ0) is 28.8. The van der Waals surface area contributed by atoms with Gasteiger partial charge in [-0.25, -0.2) is 0 Å². The van der Waals surface area contributed by atoms with E-state index >= 15 is 0 Å². The Labute approximate surface area is 238 Å². The largest absolute Gasteiger partial charge is 0.497 e. The molecule has 9 nitrogen and oxygen atoms in total. The molecule has 0 radical (unpaired) electrons. The van der Waals surface area contributed by atoms with E-state index < -0.39 is 13.2 Å². The van der Waals surface area contributed by atoms with Gasteiger partial charge in [0.25, 0.3) is 0 Å². The molecule has 1 aliphatic heterocycles. The molecule has 0 fully saturated rings. The number of nitrogens with one attached hydrogen (secondary N) is 3. The number of anilines is 1. The van der Waals surface area contributed by atoms with Crippen molar-refractivity contribution in [1.82, 2.24) is 5.32 Å². The second kappa shape index (κ2) is 13.0. The van der Waals surface area contributed by atoms with Gasteiger partial charge in [-0.3, -0.25) is 25.5 Å². The number of amidine groups is 2. The topological polar surface area (TPSA) is 142 Å². The number of ether oxygens (including phenoxy) is 1. The summed E-state index contributed by atoms with van der Waals surface area (Å²) in [6.07, 6.45) is -0.0133. The number of benzene rings is 3. The summed E-state index contributed by atoms with van der Waals surface area (Å²) in [5.41, 5.74) is 4.17. The van der Waals surface area contributed by atoms with Gasteiger partial charge in [0.05, 0.1) is 24.9 Å². The Kier molecular flexibility index (Phi) is 9.41. The number of benzodiazepines with no additional fused rings is 1. The van der Waals surface area contributed by atoms with Crippen LogP contribution in [0.5, 0.6) is 5.75 Å². The third-order valence-electron chi connectivity index (χ3n) is 6.41. The minimum absolute atomic E-state index is 0.0133. The van der Waals surface area contributed by atoms with Crippen LogP contribution < -0.4 is 20.4 Å². The SMILES string of the molecule is CCNC(=O)C[C@@H]1N=C(c2ccc(SCc3cccc(B(O)O)c3)cc2)c2cc(OC)ccc2N(C(C)=N)C1=N. The van der Waals surface area contributed by atoms with Crippen LogP contribution in [0.4, 0.5) is 5.69 Å². The minimum atomic E-state index is -1.50. The fourth-order valence-corrected chi connectivity index (χ4v) is 5.33. The predicted molar refractivity (Wildman–Crippen MR) is 162 cm³/mol. The molecule has 4 rings (SSSR count). The highest BCUT2D eigenvalue weighted by molar-refractivity contribution is 7.98. The summed E-state index contributed by atoms with van der Waals surface area (Å²) < 4.78 is 5.49. The van der Waals surface area contributed by atoms with Crippen molar-refractivity contribution >= 4 is 53.3 Å². The average molecular weight is 557 g/mol. The van der Waals surface area contributed by atoms with Crippen LogP contribution in [-0.2, 0) is 10.5 Å². The molecule has 206 valence electrons. The van der Waals surface area contributed by atoms with Crippen LogP contribution in [0.1, 0.15) is 37.0 Å². The van der Waals surface area contributed by atoms with E-state index in [4.69, 9.17) is 20.5 Å². The number of fused-ring (bicyclic) bond motifs is 1. The Hall–Kier alpha value is -3.93. The van der Waals surface area contributed by atoms with E-state index in [0.717, 1.165) is 16.0 Å². The highest BCUT2D eigenvalue weighted by Crippen LogP contribution is 2.33. The number of rotatable bonds is 9. The maximum absolute atomic E-state index is 12.6. The van der Waals surface area contributed by atoms with Gasteiger partial charge in [0, 0.05) is 28.3 Å². The van der Waals surface area contributed by atoms with Crippen molar-refractivity contribution in [3.63, 3.8) is 0 Å². The van der Waals surface area contributed by atoms with Crippen LogP contribution in [0.15, 0.2) is 76.6 Å². The van der Waals surface area contributed by atoms with E-state index in [9.17, 15) is 14.8 Å². The van der Waals surface area contributed by atoms with Crippen LogP contribution in [0.3, 0.4) is 0 Å². The van der Waals surface area contributed by atoms with E-state index in [1.807, 2.05) is 49.4 Å². The van der Waals surface area contributed by atoms with E-state index in [-0.39, 0.29) is 24.0 Å². The second-order valence-electron chi connectivity index (χ2n) is 9.27. The van der Waals surface area contributed by atoms with Gasteiger partial charge in [0.15, 0.2) is 0 Å². The molecule has 11 heteroatoms. The van der Waals surface area contributed by atoms with Gasteiger partial charge in [0.1, 0.15) is 23.5 Å². The van der Waals surface area contributed by atoms with Crippen molar-refractivity contribution < 1.29 is 19.6 Å². The lowest BCUT2D eigenvalue weighted by Gasteiger charge is -2.26. The molecule has 1 atom stereocenters. The Morgan fingerprint density at radius 3 is 2.55 bits per heavy atom. The molecule has 0 aromatic heterocycles. The first-order valence-corrected chi connectivity index (χ1v) is 13.8. The maximum Gasteiger partial charge on any atom is 0.488 e. The Balaban J connectivity index is 1.70. The van der Waals surface area contributed by atoms with Crippen LogP contribution in [0, 0.1) is 10.8 Å². The molecule has 0 saturated heterocycles. The molecule has 3 aromatic rings. The second-order valence-corrected chi connectivity index (χ2v) is 10.3. The molecular weight excluding hydrogens is 525 g/mol. The zero-order valence-corrected chi connectivity index (χ0v) is 23.5. The summed E-state index contributed by atoms with van der Waals surface area (Å²) in [6, 6.07) is 19.7. The lowest BCUT2D eigenvalue weighted by atomic mass is 9.80. The quantitative estimate of drug-likeness (QED) is 0.118. The van der Waals surface area contributed by atoms with Gasteiger partial charge in [-0.05, 0) is 55.2 Å². The highest BCUT2D eigenvalue weighted by Gasteiger charge is 2.32. The van der Waals surface area contributed by atoms with Gasteiger partial charge in [-0.15, -0.1) is 11.8 Å². The first kappa shape index (κ1) is 29.1. The first-order chi connectivity index (χ1) is 19.2. The summed E-state index contributed by atoms with van der Waals surface area (Å²) in [7, 11) is 0.0782. The standard InChI is InChI=1S/C29H32BN5O4S/c1-4-33-27(36)16-25-29(32)35(18(2)31)26-13-10-22(39-3)15-24(26)28(34-25)20-8-11-23(12-9-20)40-17-19-6-5-7-21(14-19)30(37)38/h5-15,25,31-32,37-38H,4,16-17H2,1-3H3,(H,33,36)/t25-/m0/s1. The summed E-state index contributed by atoms with van der Waals surface area (Å²) >= 11 is 1.62. The van der Waals surface area contributed by atoms with Gasteiger partial charge >= 0.3 is 7.12 Å². The minimum Gasteiger partial charge on any atom is -0.497 e. The molecule has 1 aliphatic rings. The third kappa shape index (κ3) is 6.61. The zero-order valence-electron chi connectivity index (χ0n) is 22.6. The molecule has 0 aliphatic carbocycles. The van der Waals surface area contributed by atoms with Gasteiger partial charge in [0.2, 0.25) is 5.91 Å². The summed E-state index contributed by atoms with van der Waals surface area (Å²) in [5, 5.41) is 39.0. The maximum atomic E-state index is 12.6. The number of hydrogen-bond donors (Lipinski definition) is 5. The average Bonchev–Trinajstić information content (AvgIpc) is 3.06. The fraction of sp³-hybridized carbons (Fsp3) is 0.241. The van der Waals surface area contributed by atoms with Crippen LogP contribution in [-0.4, -0.2) is 60.2 Å². The van der Waals surface area contributed by atoms with Gasteiger partial charge < -0.3 is 20.1 Å². The molecular formula is C29H32BN5O4S. The highest BCUT2D eigenvalue weighted by atomic mass is 32.2. The molecule has 0 unspecified atom stereocenters. The van der Waals surface area contributed by atoms with Crippen molar-refractivity contribution in [3.05, 3.63) is 83.4 Å². The molecule has 0 bridgehead atoms. The Morgan fingerprint density at radius 2 is 1.90 bits per heavy atom. The number of thioether (sulfide) groups is 1. The summed E-state index contributed by atoms with van der Waals surface area (Å²) in [6.45, 7) is 3.93. The van der Waals surface area contributed by atoms with Crippen LogP contribution >= 0.6 is 11.8 Å². The van der Waals surface area contributed by atoms with Gasteiger partial charge in [-0.1, -0.05) is 36.4 Å². The molecule has 0 saturated carbocycles. The molecule has 3 aromatic carbocycles. The molecule has 40 heavy (non-hydrogen) atoms. The number of carbonyl (C=O) groups is 1. The number of carbonyl (C=O) groups excluding carboxylic acids is 1. The van der Waals surface area contributed by atoms with Crippen molar-refractivity contribution in [2.45, 2.75) is 37.0 Å². The van der Waals surface area contributed by atoms with E-state index in [0.29, 0.717) is 40.5 Å². The Morgan fingerprint density at radius 1 is 1.15 bits per heavy atom. The number of amides is 1. The van der Waals surface area contributed by atoms with Crippen LogP contribution in [0.2, 0.25) is 0 Å². The van der Waals surface area contributed by atoms with Gasteiger partial charge in [-0.2, -0.15) is 0 Å². The first-order valence-electron chi connectivity index (χ1n) is 12.9. The summed E-state index contributed by atoms with van der Waals surface area (Å²) in [5.74, 6) is 1.27. The van der Waals surface area contributed by atoms with E-state index in [2.05, 4.69) is 5.32 Å². The Bertz CT molecular complexity index is 1440.